The summed E-state index contributed by atoms with van der Waals surface area (Å²) in [7, 11) is 0. The third-order valence-electron chi connectivity index (χ3n) is 3.82. The van der Waals surface area contributed by atoms with Crippen LogP contribution in [0.3, 0.4) is 0 Å². The monoisotopic (exact) mass is 373 g/mol. The van der Waals surface area contributed by atoms with Crippen LogP contribution in [0.2, 0.25) is 0 Å². The molecule has 23 heavy (non-hydrogen) atoms. The Labute approximate surface area is 141 Å². The van der Waals surface area contributed by atoms with Gasteiger partial charge in [0.05, 0.1) is 11.0 Å². The number of aliphatic imine (C=N–C) groups is 1. The summed E-state index contributed by atoms with van der Waals surface area (Å²) >= 11 is 3.53. The zero-order valence-corrected chi connectivity index (χ0v) is 13.9. The Kier molecular flexibility index (Phi) is 3.37. The lowest BCUT2D eigenvalue weighted by Gasteiger charge is -2.25. The molecule has 2 aromatic rings. The molecule has 0 unspecified atom stereocenters. The number of rotatable bonds is 2. The molecule has 7 heteroatoms. The second kappa shape index (κ2) is 5.42. The molecular formula is C16H13BrFN5. The van der Waals surface area contributed by atoms with Crippen LogP contribution in [-0.4, -0.2) is 28.9 Å². The van der Waals surface area contributed by atoms with Crippen molar-refractivity contribution in [2.24, 2.45) is 4.99 Å². The van der Waals surface area contributed by atoms with Gasteiger partial charge in [0.2, 0.25) is 5.95 Å². The van der Waals surface area contributed by atoms with Crippen LogP contribution in [0.15, 0.2) is 33.9 Å². The van der Waals surface area contributed by atoms with Crippen molar-refractivity contribution in [3.05, 3.63) is 45.8 Å². The number of hydrogen-bond donors (Lipinski definition) is 1. The topological polar surface area (TPSA) is 53.4 Å². The van der Waals surface area contributed by atoms with E-state index in [4.69, 9.17) is 0 Å². The van der Waals surface area contributed by atoms with Crippen molar-refractivity contribution in [1.82, 2.24) is 9.97 Å². The average Bonchev–Trinajstić information content (AvgIpc) is 3.02. The lowest BCUT2D eigenvalue weighted by Crippen LogP contribution is -2.31. The van der Waals surface area contributed by atoms with Crippen molar-refractivity contribution < 1.29 is 4.39 Å². The first kappa shape index (κ1) is 14.3. The van der Waals surface area contributed by atoms with Gasteiger partial charge in [-0.05, 0) is 46.6 Å². The molecule has 1 aromatic heterocycles. The maximum Gasteiger partial charge on any atom is 0.229 e. The standard InChI is InChI=1S/C16H13BrFN5/c1-9-2-3-11(7-13(9)18)21-16-20-8-10-6-12(17)15-19-4-5-23(15)14(10)22-16/h2-3,6-8H,4-5H2,1H3,(H,20,21,22). The molecule has 0 radical (unpaired) electrons. The fraction of sp³-hybridized carbons (Fsp3) is 0.188. The fourth-order valence-corrected chi connectivity index (χ4v) is 3.21. The van der Waals surface area contributed by atoms with Crippen molar-refractivity contribution in [2.75, 3.05) is 23.3 Å². The van der Waals surface area contributed by atoms with Crippen LogP contribution < -0.4 is 10.2 Å². The second-order valence-corrected chi connectivity index (χ2v) is 6.27. The highest BCUT2D eigenvalue weighted by molar-refractivity contribution is 9.12. The van der Waals surface area contributed by atoms with Gasteiger partial charge in [-0.15, -0.1) is 0 Å². The van der Waals surface area contributed by atoms with Crippen LogP contribution in [0.1, 0.15) is 11.1 Å². The number of hydrogen-bond acceptors (Lipinski definition) is 5. The van der Waals surface area contributed by atoms with Gasteiger partial charge in [0, 0.05) is 24.0 Å². The maximum atomic E-state index is 13.7. The van der Waals surface area contributed by atoms with Crippen LogP contribution in [-0.2, 0) is 0 Å². The van der Waals surface area contributed by atoms with E-state index in [-0.39, 0.29) is 5.82 Å². The Morgan fingerprint density at radius 3 is 3.04 bits per heavy atom. The van der Waals surface area contributed by atoms with Gasteiger partial charge < -0.3 is 10.2 Å². The van der Waals surface area contributed by atoms with Crippen LogP contribution in [0.25, 0.3) is 6.08 Å². The molecule has 1 N–H and O–H groups in total. The van der Waals surface area contributed by atoms with Gasteiger partial charge >= 0.3 is 0 Å². The number of nitrogens with zero attached hydrogens (tertiary/aromatic N) is 4. The van der Waals surface area contributed by atoms with Crippen molar-refractivity contribution >= 4 is 45.3 Å². The number of aromatic nitrogens is 2. The van der Waals surface area contributed by atoms with Crippen LogP contribution in [0, 0.1) is 12.7 Å². The molecule has 0 amide bonds. The third kappa shape index (κ3) is 2.50. The summed E-state index contributed by atoms with van der Waals surface area (Å²) in [6.45, 7) is 3.27. The molecular weight excluding hydrogens is 361 g/mol. The van der Waals surface area contributed by atoms with E-state index < -0.39 is 0 Å². The van der Waals surface area contributed by atoms with Gasteiger partial charge in [0.1, 0.15) is 17.5 Å². The molecule has 4 rings (SSSR count). The van der Waals surface area contributed by atoms with Crippen LogP contribution in [0.4, 0.5) is 21.8 Å². The Balaban J connectivity index is 1.69. The Hall–Kier alpha value is -2.28. The lowest BCUT2D eigenvalue weighted by molar-refractivity contribution is 0.619. The van der Waals surface area contributed by atoms with E-state index >= 15 is 0 Å². The van der Waals surface area contributed by atoms with E-state index in [0.29, 0.717) is 17.2 Å². The molecule has 5 nitrogen and oxygen atoms in total. The molecule has 2 aliphatic heterocycles. The first-order valence-electron chi connectivity index (χ1n) is 7.21. The minimum absolute atomic E-state index is 0.256. The van der Waals surface area contributed by atoms with Crippen LogP contribution >= 0.6 is 15.9 Å². The fourth-order valence-electron chi connectivity index (χ4n) is 2.62. The molecule has 0 aliphatic carbocycles. The van der Waals surface area contributed by atoms with Gasteiger partial charge in [-0.2, -0.15) is 4.98 Å². The number of halogens is 2. The first-order valence-corrected chi connectivity index (χ1v) is 8.01. The molecule has 2 aliphatic rings. The second-order valence-electron chi connectivity index (χ2n) is 5.41. The predicted octanol–water partition coefficient (Wildman–Crippen LogP) is 3.64. The number of nitrogens with one attached hydrogen (secondary N) is 1. The highest BCUT2D eigenvalue weighted by Crippen LogP contribution is 2.33. The number of anilines is 3. The average molecular weight is 374 g/mol. The SMILES string of the molecule is Cc1ccc(Nc2ncc3c(n2)N2CCN=C2C(Br)=C3)cc1F. The van der Waals surface area contributed by atoms with E-state index in [1.165, 1.54) is 6.07 Å². The maximum absolute atomic E-state index is 13.7. The molecule has 0 bridgehead atoms. The smallest absolute Gasteiger partial charge is 0.229 e. The highest BCUT2D eigenvalue weighted by atomic mass is 79.9. The summed E-state index contributed by atoms with van der Waals surface area (Å²) in [6, 6.07) is 4.97. The zero-order valence-electron chi connectivity index (χ0n) is 12.3. The van der Waals surface area contributed by atoms with Gasteiger partial charge in [0.15, 0.2) is 0 Å². The molecule has 0 fully saturated rings. The minimum Gasteiger partial charge on any atom is -0.324 e. The van der Waals surface area contributed by atoms with E-state index in [1.807, 2.05) is 6.08 Å². The molecule has 3 heterocycles. The summed E-state index contributed by atoms with van der Waals surface area (Å²) < 4.78 is 14.6. The molecule has 0 spiro atoms. The number of benzene rings is 1. The quantitative estimate of drug-likeness (QED) is 0.872. The van der Waals surface area contributed by atoms with Gasteiger partial charge in [-0.1, -0.05) is 6.07 Å². The largest absolute Gasteiger partial charge is 0.324 e. The van der Waals surface area contributed by atoms with Gasteiger partial charge in [-0.3, -0.25) is 4.99 Å². The summed E-state index contributed by atoms with van der Waals surface area (Å²) in [5.74, 6) is 1.89. The van der Waals surface area contributed by atoms with E-state index in [1.54, 1.807) is 25.3 Å². The summed E-state index contributed by atoms with van der Waals surface area (Å²) in [6.07, 6.45) is 3.72. The number of aryl methyl sites for hydroxylation is 1. The molecule has 0 saturated heterocycles. The zero-order chi connectivity index (χ0) is 16.0. The van der Waals surface area contributed by atoms with E-state index in [9.17, 15) is 4.39 Å². The van der Waals surface area contributed by atoms with E-state index in [0.717, 1.165) is 34.8 Å². The first-order chi connectivity index (χ1) is 11.1. The van der Waals surface area contributed by atoms with Crippen LogP contribution in [0.5, 0.6) is 0 Å². The Morgan fingerprint density at radius 1 is 1.35 bits per heavy atom. The van der Waals surface area contributed by atoms with Crippen molar-refractivity contribution in [1.29, 1.82) is 0 Å². The highest BCUT2D eigenvalue weighted by Gasteiger charge is 2.28. The Morgan fingerprint density at radius 2 is 2.22 bits per heavy atom. The minimum atomic E-state index is -0.256. The van der Waals surface area contributed by atoms with Crippen molar-refractivity contribution in [3.8, 4) is 0 Å². The summed E-state index contributed by atoms with van der Waals surface area (Å²) in [5.41, 5.74) is 2.16. The molecule has 0 saturated carbocycles. The Bertz CT molecular complexity index is 862. The predicted molar refractivity (Wildman–Crippen MR) is 93.0 cm³/mol. The summed E-state index contributed by atoms with van der Waals surface area (Å²) in [4.78, 5) is 15.4. The lowest BCUT2D eigenvalue weighted by atomic mass is 10.2. The van der Waals surface area contributed by atoms with Gasteiger partial charge in [0.25, 0.3) is 0 Å². The van der Waals surface area contributed by atoms with Crippen molar-refractivity contribution in [2.45, 2.75) is 6.92 Å². The third-order valence-corrected chi connectivity index (χ3v) is 4.40. The molecule has 0 atom stereocenters. The van der Waals surface area contributed by atoms with E-state index in [2.05, 4.69) is 41.1 Å². The van der Waals surface area contributed by atoms with Crippen molar-refractivity contribution in [3.63, 3.8) is 0 Å². The van der Waals surface area contributed by atoms with Gasteiger partial charge in [-0.25, -0.2) is 9.37 Å². The summed E-state index contributed by atoms with van der Waals surface area (Å²) in [5, 5.41) is 3.05. The number of amidine groups is 1. The number of fused-ring (bicyclic) bond motifs is 3. The normalized spacial score (nSPS) is 15.7. The molecule has 1 aromatic carbocycles. The molecule has 116 valence electrons.